The third kappa shape index (κ3) is 4.79. The zero-order valence-corrected chi connectivity index (χ0v) is 19.3. The second-order valence-electron chi connectivity index (χ2n) is 6.76. The number of carbonyl (C=O) groups is 1. The number of aryl methyl sites for hydroxylation is 1. The van der Waals surface area contributed by atoms with Gasteiger partial charge in [-0.25, -0.2) is 9.48 Å². The van der Waals surface area contributed by atoms with Gasteiger partial charge in [-0.3, -0.25) is 15.1 Å². The van der Waals surface area contributed by atoms with Crippen molar-refractivity contribution < 1.29 is 23.4 Å². The number of hydrogen-bond acceptors (Lipinski definition) is 11. The summed E-state index contributed by atoms with van der Waals surface area (Å²) in [7, 11) is 2.98. The monoisotopic (exact) mass is 484 g/mol. The molecule has 0 aliphatic heterocycles. The molecule has 0 aliphatic carbocycles. The Morgan fingerprint density at radius 1 is 1.21 bits per heavy atom. The summed E-state index contributed by atoms with van der Waals surface area (Å²) >= 11 is 1.11. The van der Waals surface area contributed by atoms with E-state index in [0.29, 0.717) is 16.6 Å². The molecular formula is C21H20N6O6S. The largest absolute Gasteiger partial charge is 0.494 e. The Balaban J connectivity index is 1.67. The first-order valence-electron chi connectivity index (χ1n) is 9.97. The molecule has 0 saturated heterocycles. The van der Waals surface area contributed by atoms with Gasteiger partial charge in [-0.1, -0.05) is 11.3 Å². The van der Waals surface area contributed by atoms with Crippen molar-refractivity contribution in [2.45, 2.75) is 6.92 Å². The standard InChI is InChI=1S/C21H20N6O6S/c1-12-6-8-23-27(12)21-26-25-20(34-21)24-18(28)15-11-13(16-14(31-3)5-4-7-22-16)17(19(29)33-15)32-10-9-30-2/h4-8,11H,9-10H2,1-3H3,(H,24,25,28). The van der Waals surface area contributed by atoms with Crippen molar-refractivity contribution in [1.82, 2.24) is 25.0 Å². The first kappa shape index (κ1) is 23.1. The third-order valence-corrected chi connectivity index (χ3v) is 5.37. The molecule has 0 fully saturated rings. The Morgan fingerprint density at radius 2 is 2.06 bits per heavy atom. The van der Waals surface area contributed by atoms with E-state index in [1.165, 1.54) is 26.5 Å². The molecule has 1 N–H and O–H groups in total. The molecule has 4 rings (SSSR count). The maximum absolute atomic E-state index is 12.9. The van der Waals surface area contributed by atoms with Crippen molar-refractivity contribution >= 4 is 22.4 Å². The SMILES string of the molecule is COCCOc1c(-c2ncccc2OC)cc(C(=O)Nc2nnc(-n3nccc3C)s2)oc1=O. The Morgan fingerprint density at radius 3 is 2.79 bits per heavy atom. The van der Waals surface area contributed by atoms with Gasteiger partial charge in [0.05, 0.1) is 19.3 Å². The fourth-order valence-corrected chi connectivity index (χ4v) is 3.73. The molecular weight excluding hydrogens is 464 g/mol. The normalized spacial score (nSPS) is 10.8. The summed E-state index contributed by atoms with van der Waals surface area (Å²) in [6, 6.07) is 6.54. The Bertz CT molecular complexity index is 1360. The number of pyridine rings is 1. The van der Waals surface area contributed by atoms with E-state index in [0.717, 1.165) is 17.0 Å². The van der Waals surface area contributed by atoms with Crippen molar-refractivity contribution in [3.05, 3.63) is 58.5 Å². The average Bonchev–Trinajstić information content (AvgIpc) is 3.48. The Kier molecular flexibility index (Phi) is 6.94. The lowest BCUT2D eigenvalue weighted by Gasteiger charge is -2.13. The molecule has 4 aromatic heterocycles. The molecule has 34 heavy (non-hydrogen) atoms. The van der Waals surface area contributed by atoms with Gasteiger partial charge in [0.25, 0.3) is 5.91 Å². The van der Waals surface area contributed by atoms with Gasteiger partial charge in [0.1, 0.15) is 18.1 Å². The molecule has 4 aromatic rings. The number of methoxy groups -OCH3 is 2. The van der Waals surface area contributed by atoms with Gasteiger partial charge in [-0.15, -0.1) is 10.2 Å². The van der Waals surface area contributed by atoms with Crippen LogP contribution >= 0.6 is 11.3 Å². The van der Waals surface area contributed by atoms with Crippen LogP contribution in [0.5, 0.6) is 11.5 Å². The number of nitrogens with one attached hydrogen (secondary N) is 1. The molecule has 176 valence electrons. The molecule has 0 bridgehead atoms. The van der Waals surface area contributed by atoms with Crippen LogP contribution in [0.1, 0.15) is 16.2 Å². The van der Waals surface area contributed by atoms with E-state index in [1.807, 2.05) is 13.0 Å². The summed E-state index contributed by atoms with van der Waals surface area (Å²) in [5, 5.41) is 15.4. The Labute approximate surface area is 197 Å². The van der Waals surface area contributed by atoms with Crippen LogP contribution in [-0.4, -0.2) is 58.3 Å². The molecule has 0 aliphatic rings. The zero-order chi connectivity index (χ0) is 24.1. The van der Waals surface area contributed by atoms with Crippen molar-refractivity contribution in [3.63, 3.8) is 0 Å². The number of nitrogens with zero attached hydrogens (tertiary/aromatic N) is 5. The van der Waals surface area contributed by atoms with E-state index in [1.54, 1.807) is 23.0 Å². The number of ether oxygens (including phenoxy) is 3. The second-order valence-corrected chi connectivity index (χ2v) is 7.72. The molecule has 0 unspecified atom stereocenters. The fraction of sp³-hybridized carbons (Fsp3) is 0.238. The first-order chi connectivity index (χ1) is 16.5. The van der Waals surface area contributed by atoms with Crippen LogP contribution < -0.4 is 20.4 Å². The summed E-state index contributed by atoms with van der Waals surface area (Å²) in [4.78, 5) is 30.0. The number of rotatable bonds is 9. The lowest BCUT2D eigenvalue weighted by Crippen LogP contribution is -2.18. The van der Waals surface area contributed by atoms with E-state index in [2.05, 4.69) is 25.6 Å². The number of anilines is 1. The number of carbonyl (C=O) groups excluding carboxylic acids is 1. The molecule has 0 radical (unpaired) electrons. The second kappa shape index (κ2) is 10.2. The molecule has 13 heteroatoms. The van der Waals surface area contributed by atoms with E-state index < -0.39 is 11.5 Å². The maximum Gasteiger partial charge on any atom is 0.379 e. The van der Waals surface area contributed by atoms with Crippen LogP contribution in [-0.2, 0) is 4.74 Å². The Hall–Kier alpha value is -4.10. The predicted octanol–water partition coefficient (Wildman–Crippen LogP) is 2.33. The van der Waals surface area contributed by atoms with Gasteiger partial charge in [0, 0.05) is 31.3 Å². The van der Waals surface area contributed by atoms with Gasteiger partial charge < -0.3 is 18.6 Å². The van der Waals surface area contributed by atoms with Crippen molar-refractivity contribution in [2.24, 2.45) is 0 Å². The molecule has 0 saturated carbocycles. The van der Waals surface area contributed by atoms with Crippen molar-refractivity contribution in [2.75, 3.05) is 32.8 Å². The lowest BCUT2D eigenvalue weighted by molar-refractivity contribution is 0.0990. The van der Waals surface area contributed by atoms with E-state index in [4.69, 9.17) is 18.6 Å². The van der Waals surface area contributed by atoms with Crippen LogP contribution in [0.2, 0.25) is 0 Å². The van der Waals surface area contributed by atoms with Crippen LogP contribution in [0.3, 0.4) is 0 Å². The minimum atomic E-state index is -0.850. The molecule has 1 amide bonds. The van der Waals surface area contributed by atoms with E-state index in [9.17, 15) is 9.59 Å². The third-order valence-electron chi connectivity index (χ3n) is 4.56. The number of aromatic nitrogens is 5. The van der Waals surface area contributed by atoms with Gasteiger partial charge in [0.15, 0.2) is 5.76 Å². The summed E-state index contributed by atoms with van der Waals surface area (Å²) in [5.74, 6) is -0.687. The average molecular weight is 484 g/mol. The highest BCUT2D eigenvalue weighted by molar-refractivity contribution is 7.17. The summed E-state index contributed by atoms with van der Waals surface area (Å²) in [5.41, 5.74) is 0.557. The molecule has 0 atom stereocenters. The van der Waals surface area contributed by atoms with Gasteiger partial charge >= 0.3 is 5.63 Å². The van der Waals surface area contributed by atoms with Crippen molar-refractivity contribution in [3.8, 4) is 27.9 Å². The highest BCUT2D eigenvalue weighted by atomic mass is 32.1. The van der Waals surface area contributed by atoms with Crippen LogP contribution in [0.25, 0.3) is 16.4 Å². The highest BCUT2D eigenvalue weighted by Crippen LogP contribution is 2.33. The van der Waals surface area contributed by atoms with Gasteiger partial charge in [-0.05, 0) is 25.1 Å². The quantitative estimate of drug-likeness (QED) is 0.352. The molecule has 0 aromatic carbocycles. The number of hydrogen-bond donors (Lipinski definition) is 1. The predicted molar refractivity (Wildman–Crippen MR) is 122 cm³/mol. The summed E-state index contributed by atoms with van der Waals surface area (Å²) in [6.07, 6.45) is 3.17. The van der Waals surface area contributed by atoms with Crippen molar-refractivity contribution in [1.29, 1.82) is 0 Å². The molecule has 12 nitrogen and oxygen atoms in total. The van der Waals surface area contributed by atoms with Gasteiger partial charge in [-0.2, -0.15) is 5.10 Å². The topological polar surface area (TPSA) is 143 Å². The zero-order valence-electron chi connectivity index (χ0n) is 18.5. The highest BCUT2D eigenvalue weighted by Gasteiger charge is 2.23. The minimum Gasteiger partial charge on any atom is -0.494 e. The molecule has 0 spiro atoms. The maximum atomic E-state index is 12.9. The lowest BCUT2D eigenvalue weighted by atomic mass is 10.1. The molecule has 4 heterocycles. The van der Waals surface area contributed by atoms with Gasteiger partial charge in [0.2, 0.25) is 16.0 Å². The minimum absolute atomic E-state index is 0.0926. The van der Waals surface area contributed by atoms with E-state index in [-0.39, 0.29) is 35.4 Å². The van der Waals surface area contributed by atoms with Crippen LogP contribution in [0.15, 0.2) is 45.9 Å². The number of amides is 1. The first-order valence-corrected chi connectivity index (χ1v) is 10.8. The summed E-state index contributed by atoms with van der Waals surface area (Å²) < 4.78 is 22.8. The smallest absolute Gasteiger partial charge is 0.379 e. The fourth-order valence-electron chi connectivity index (χ4n) is 2.97. The summed E-state index contributed by atoms with van der Waals surface area (Å²) in [6.45, 7) is 2.20. The van der Waals surface area contributed by atoms with E-state index >= 15 is 0 Å². The van der Waals surface area contributed by atoms with Crippen LogP contribution in [0, 0.1) is 6.92 Å². The van der Waals surface area contributed by atoms with Crippen LogP contribution in [0.4, 0.5) is 5.13 Å².